The average molecular weight is 284 g/mol. The van der Waals surface area contributed by atoms with Crippen LogP contribution < -0.4 is 5.73 Å². The summed E-state index contributed by atoms with van der Waals surface area (Å²) in [5.41, 5.74) is 13.6. The summed E-state index contributed by atoms with van der Waals surface area (Å²) in [7, 11) is 0. The Morgan fingerprint density at radius 3 is 2.30 bits per heavy atom. The number of aliphatic hydroxyl groups excluding tert-OH is 2. The third-order valence-electron chi connectivity index (χ3n) is 3.17. The second-order valence-corrected chi connectivity index (χ2v) is 4.98. The molecule has 0 aromatic rings. The van der Waals surface area contributed by atoms with Gasteiger partial charge in [-0.2, -0.15) is 0 Å². The van der Waals surface area contributed by atoms with Gasteiger partial charge in [-0.3, -0.25) is 0 Å². The molecule has 0 aromatic heterocycles. The molecule has 0 saturated carbocycles. The number of hydrogen-bond donors (Lipinski definition) is 3. The fraction of sp³-hybridized carbons (Fsp3) is 0.857. The van der Waals surface area contributed by atoms with Crippen LogP contribution in [0, 0.1) is 0 Å². The average Bonchev–Trinajstić information content (AvgIpc) is 2.47. The fourth-order valence-electron chi connectivity index (χ4n) is 1.86. The van der Waals surface area contributed by atoms with E-state index in [1.54, 1.807) is 6.08 Å². The summed E-state index contributed by atoms with van der Waals surface area (Å²) in [4.78, 5) is 2.72. The number of unbranched alkanes of at least 4 members (excludes halogenated alkanes) is 7. The molecule has 0 rings (SSSR count). The molecule has 0 unspecified atom stereocenters. The van der Waals surface area contributed by atoms with E-state index in [2.05, 4.69) is 10.0 Å². The van der Waals surface area contributed by atoms with Crippen molar-refractivity contribution < 1.29 is 10.2 Å². The summed E-state index contributed by atoms with van der Waals surface area (Å²) in [6, 6.07) is -0.586. The van der Waals surface area contributed by atoms with Crippen LogP contribution in [0.5, 0.6) is 0 Å². The lowest BCUT2D eigenvalue weighted by molar-refractivity contribution is 0.144. The van der Waals surface area contributed by atoms with Gasteiger partial charge >= 0.3 is 0 Å². The summed E-state index contributed by atoms with van der Waals surface area (Å²) < 4.78 is 0. The van der Waals surface area contributed by atoms with E-state index < -0.39 is 12.1 Å². The summed E-state index contributed by atoms with van der Waals surface area (Å²) in [6.07, 6.45) is 11.8. The standard InChI is InChI=1S/C14H28N4O2/c15-13(12-19)14(20)10-8-6-4-2-1-3-5-7-9-11-17-18-16/h8,10,13-14,19-20H,1-7,9,11-12,15H2/b10-8+/t13-,14+/m1/s1. The van der Waals surface area contributed by atoms with Crippen molar-refractivity contribution in [1.82, 2.24) is 0 Å². The Balaban J connectivity index is 3.28. The lowest BCUT2D eigenvalue weighted by Gasteiger charge is -2.11. The SMILES string of the molecule is [N-]=[N+]=NCCCCCCCCC/C=C/[C@H](O)[C@H](N)CO. The molecule has 0 aliphatic carbocycles. The molecule has 0 fully saturated rings. The first-order chi connectivity index (χ1) is 9.72. The first kappa shape index (κ1) is 18.9. The van der Waals surface area contributed by atoms with Crippen molar-refractivity contribution in [2.24, 2.45) is 10.8 Å². The minimum Gasteiger partial charge on any atom is -0.395 e. The maximum atomic E-state index is 9.48. The van der Waals surface area contributed by atoms with E-state index in [9.17, 15) is 5.11 Å². The van der Waals surface area contributed by atoms with Gasteiger partial charge in [-0.1, -0.05) is 49.4 Å². The molecule has 6 nitrogen and oxygen atoms in total. The molecule has 0 amide bonds. The first-order valence-electron chi connectivity index (χ1n) is 7.44. The molecule has 2 atom stereocenters. The van der Waals surface area contributed by atoms with Gasteiger partial charge in [-0.05, 0) is 24.8 Å². The van der Waals surface area contributed by atoms with Crippen molar-refractivity contribution in [2.45, 2.75) is 63.5 Å². The minimum atomic E-state index is -0.754. The zero-order chi connectivity index (χ0) is 15.1. The topological polar surface area (TPSA) is 115 Å². The van der Waals surface area contributed by atoms with Crippen LogP contribution in [-0.4, -0.2) is 35.5 Å². The van der Waals surface area contributed by atoms with Crippen LogP contribution in [0.1, 0.15) is 51.4 Å². The van der Waals surface area contributed by atoms with Crippen molar-refractivity contribution in [2.75, 3.05) is 13.2 Å². The van der Waals surface area contributed by atoms with E-state index in [-0.39, 0.29) is 6.61 Å². The maximum Gasteiger partial charge on any atom is 0.0894 e. The van der Waals surface area contributed by atoms with Crippen molar-refractivity contribution in [3.8, 4) is 0 Å². The summed E-state index contributed by atoms with van der Waals surface area (Å²) in [5, 5.41) is 21.7. The van der Waals surface area contributed by atoms with E-state index in [4.69, 9.17) is 16.4 Å². The van der Waals surface area contributed by atoms with Crippen molar-refractivity contribution in [1.29, 1.82) is 0 Å². The van der Waals surface area contributed by atoms with E-state index in [1.165, 1.54) is 25.7 Å². The Morgan fingerprint density at radius 1 is 1.10 bits per heavy atom. The van der Waals surface area contributed by atoms with Gasteiger partial charge in [0.25, 0.3) is 0 Å². The van der Waals surface area contributed by atoms with Crippen LogP contribution in [-0.2, 0) is 0 Å². The zero-order valence-electron chi connectivity index (χ0n) is 12.2. The maximum absolute atomic E-state index is 9.48. The summed E-state index contributed by atoms with van der Waals surface area (Å²) in [5.74, 6) is 0. The Morgan fingerprint density at radius 2 is 1.70 bits per heavy atom. The van der Waals surface area contributed by atoms with Crippen LogP contribution >= 0.6 is 0 Å². The Hall–Kier alpha value is -1.07. The Labute approximate surface area is 121 Å². The Kier molecular flexibility index (Phi) is 13.6. The van der Waals surface area contributed by atoms with E-state index >= 15 is 0 Å². The number of azide groups is 1. The smallest absolute Gasteiger partial charge is 0.0894 e. The fourth-order valence-corrected chi connectivity index (χ4v) is 1.86. The van der Waals surface area contributed by atoms with E-state index in [1.807, 2.05) is 6.08 Å². The lowest BCUT2D eigenvalue weighted by Crippen LogP contribution is -2.36. The van der Waals surface area contributed by atoms with Gasteiger partial charge < -0.3 is 15.9 Å². The van der Waals surface area contributed by atoms with Gasteiger partial charge in [0.2, 0.25) is 0 Å². The molecular formula is C14H28N4O2. The third-order valence-corrected chi connectivity index (χ3v) is 3.17. The third kappa shape index (κ3) is 12.0. The van der Waals surface area contributed by atoms with Crippen LogP contribution in [0.2, 0.25) is 0 Å². The number of allylic oxidation sites excluding steroid dienone is 1. The number of nitrogens with two attached hydrogens (primary N) is 1. The van der Waals surface area contributed by atoms with Crippen molar-refractivity contribution in [3.05, 3.63) is 22.6 Å². The molecule has 0 aliphatic heterocycles. The molecule has 0 saturated heterocycles. The molecule has 6 heteroatoms. The van der Waals surface area contributed by atoms with Crippen LogP contribution in [0.3, 0.4) is 0 Å². The number of hydrogen-bond acceptors (Lipinski definition) is 4. The van der Waals surface area contributed by atoms with Crippen molar-refractivity contribution >= 4 is 0 Å². The molecule has 0 spiro atoms. The second-order valence-electron chi connectivity index (χ2n) is 4.98. The minimum absolute atomic E-state index is 0.203. The summed E-state index contributed by atoms with van der Waals surface area (Å²) in [6.45, 7) is 0.408. The molecule has 20 heavy (non-hydrogen) atoms. The normalized spacial score (nSPS) is 14.2. The predicted octanol–water partition coefficient (Wildman–Crippen LogP) is 2.65. The van der Waals surface area contributed by atoms with Gasteiger partial charge in [0.05, 0.1) is 18.8 Å². The highest BCUT2D eigenvalue weighted by Gasteiger charge is 2.08. The second kappa shape index (κ2) is 14.3. The molecule has 0 bridgehead atoms. The zero-order valence-corrected chi connectivity index (χ0v) is 12.2. The van der Waals surface area contributed by atoms with E-state index in [0.29, 0.717) is 6.54 Å². The molecule has 0 aromatic carbocycles. The number of nitrogens with zero attached hydrogens (tertiary/aromatic N) is 3. The molecule has 4 N–H and O–H groups in total. The molecule has 0 radical (unpaired) electrons. The van der Waals surface area contributed by atoms with Crippen LogP contribution in [0.25, 0.3) is 10.4 Å². The predicted molar refractivity (Wildman–Crippen MR) is 81.2 cm³/mol. The number of rotatable bonds is 13. The van der Waals surface area contributed by atoms with Gasteiger partial charge in [0.15, 0.2) is 0 Å². The molecule has 0 aliphatic rings. The van der Waals surface area contributed by atoms with Crippen LogP contribution in [0.4, 0.5) is 0 Å². The van der Waals surface area contributed by atoms with E-state index in [0.717, 1.165) is 25.7 Å². The highest BCUT2D eigenvalue weighted by Crippen LogP contribution is 2.09. The monoisotopic (exact) mass is 284 g/mol. The van der Waals surface area contributed by atoms with Gasteiger partial charge in [-0.25, -0.2) is 0 Å². The lowest BCUT2D eigenvalue weighted by atomic mass is 10.1. The van der Waals surface area contributed by atoms with Crippen LogP contribution in [0.15, 0.2) is 17.3 Å². The number of aliphatic hydroxyl groups is 2. The van der Waals surface area contributed by atoms with Gasteiger partial charge in [0, 0.05) is 11.5 Å². The largest absolute Gasteiger partial charge is 0.395 e. The molecule has 116 valence electrons. The van der Waals surface area contributed by atoms with Gasteiger partial charge in [0.1, 0.15) is 0 Å². The Bertz CT molecular complexity index is 291. The van der Waals surface area contributed by atoms with Crippen molar-refractivity contribution in [3.63, 3.8) is 0 Å². The quantitative estimate of drug-likeness (QED) is 0.159. The highest BCUT2D eigenvalue weighted by atomic mass is 16.3. The van der Waals surface area contributed by atoms with Gasteiger partial charge in [-0.15, -0.1) is 0 Å². The summed E-state index contributed by atoms with van der Waals surface area (Å²) >= 11 is 0. The highest BCUT2D eigenvalue weighted by molar-refractivity contribution is 4.93. The molecule has 0 heterocycles. The first-order valence-corrected chi connectivity index (χ1v) is 7.44. The molecular weight excluding hydrogens is 256 g/mol.